The van der Waals surface area contributed by atoms with Gasteiger partial charge < -0.3 is 5.11 Å². The van der Waals surface area contributed by atoms with Crippen LogP contribution in [0.25, 0.3) is 11.2 Å². The summed E-state index contributed by atoms with van der Waals surface area (Å²) in [7, 11) is -4.03. The molecule has 0 saturated carbocycles. The Hall–Kier alpha value is -2.76. The normalized spacial score (nSPS) is 17.8. The average molecular weight is 469 g/mol. The van der Waals surface area contributed by atoms with Crippen LogP contribution in [-0.2, 0) is 21.4 Å². The second kappa shape index (κ2) is 8.06. The van der Waals surface area contributed by atoms with Gasteiger partial charge in [-0.1, -0.05) is 11.6 Å². The molecular formula is C19H18ClFN4O5S. The van der Waals surface area contributed by atoms with Crippen molar-refractivity contribution in [2.75, 3.05) is 13.1 Å². The number of fused-ring (bicyclic) bond motifs is 1. The number of carboxylic acid groups (broad SMARTS) is 1. The Morgan fingerprint density at radius 3 is 2.81 bits per heavy atom. The van der Waals surface area contributed by atoms with Gasteiger partial charge in [-0.3, -0.25) is 13.9 Å². The number of rotatable bonds is 5. The summed E-state index contributed by atoms with van der Waals surface area (Å²) >= 11 is 5.97. The fourth-order valence-corrected chi connectivity index (χ4v) is 5.92. The predicted octanol–water partition coefficient (Wildman–Crippen LogP) is 2.10. The third kappa shape index (κ3) is 3.84. The number of carbonyl (C=O) groups is 1. The highest BCUT2D eigenvalue weighted by molar-refractivity contribution is 7.89. The Labute approximate surface area is 181 Å². The summed E-state index contributed by atoms with van der Waals surface area (Å²) in [6, 6.07) is 5.71. The first kappa shape index (κ1) is 21.5. The van der Waals surface area contributed by atoms with E-state index in [2.05, 4.69) is 4.98 Å². The number of benzene rings is 1. The van der Waals surface area contributed by atoms with E-state index in [1.807, 2.05) is 0 Å². The van der Waals surface area contributed by atoms with Gasteiger partial charge in [0.05, 0.1) is 16.6 Å². The molecule has 1 fully saturated rings. The number of pyridine rings is 1. The second-order valence-corrected chi connectivity index (χ2v) is 9.53. The van der Waals surface area contributed by atoms with E-state index in [-0.39, 0.29) is 28.7 Å². The molecule has 1 N–H and O–H groups in total. The minimum Gasteiger partial charge on any atom is -0.480 e. The third-order valence-corrected chi connectivity index (χ3v) is 7.60. The van der Waals surface area contributed by atoms with Crippen molar-refractivity contribution in [2.45, 2.75) is 30.3 Å². The topological polar surface area (TPSA) is 114 Å². The summed E-state index contributed by atoms with van der Waals surface area (Å²) < 4.78 is 43.3. The molecular weight excluding hydrogens is 451 g/mol. The minimum absolute atomic E-state index is 0.0291. The second-order valence-electron chi connectivity index (χ2n) is 7.21. The lowest BCUT2D eigenvalue weighted by molar-refractivity contribution is -0.137. The van der Waals surface area contributed by atoms with Gasteiger partial charge in [0.1, 0.15) is 17.3 Å². The lowest BCUT2D eigenvalue weighted by Crippen LogP contribution is -2.43. The largest absolute Gasteiger partial charge is 0.480 e. The van der Waals surface area contributed by atoms with E-state index in [9.17, 15) is 27.5 Å². The van der Waals surface area contributed by atoms with Crippen molar-refractivity contribution in [2.24, 2.45) is 0 Å². The van der Waals surface area contributed by atoms with Gasteiger partial charge >= 0.3 is 11.7 Å². The Kier molecular flexibility index (Phi) is 5.58. The summed E-state index contributed by atoms with van der Waals surface area (Å²) in [4.78, 5) is 28.3. The lowest BCUT2D eigenvalue weighted by Gasteiger charge is -2.32. The molecule has 31 heavy (non-hydrogen) atoms. The molecule has 1 aromatic carbocycles. The lowest BCUT2D eigenvalue weighted by atomic mass is 10.1. The highest BCUT2D eigenvalue weighted by atomic mass is 35.5. The smallest absolute Gasteiger partial charge is 0.331 e. The quantitative estimate of drug-likeness (QED) is 0.613. The van der Waals surface area contributed by atoms with E-state index in [4.69, 9.17) is 11.6 Å². The fourth-order valence-electron chi connectivity index (χ4n) is 3.90. The standard InChI is InChI=1S/C19H18ClFN4O5S/c20-14-9-12(21)5-6-16(14)31(29,30)23-8-2-3-13(10-23)25-18-15(4-1-7-22-18)24(19(25)28)11-17(26)27/h1,4-7,9,13H,2-3,8,10-11H2,(H,26,27)/t13-/m1/s1. The first-order valence-corrected chi connectivity index (χ1v) is 11.2. The van der Waals surface area contributed by atoms with E-state index in [0.717, 1.165) is 22.8 Å². The molecule has 2 aromatic heterocycles. The zero-order valence-corrected chi connectivity index (χ0v) is 17.7. The summed E-state index contributed by atoms with van der Waals surface area (Å²) in [5.41, 5.74) is 0.0782. The molecule has 0 unspecified atom stereocenters. The van der Waals surface area contributed by atoms with E-state index in [0.29, 0.717) is 18.4 Å². The molecule has 4 rings (SSSR count). The monoisotopic (exact) mass is 468 g/mol. The van der Waals surface area contributed by atoms with E-state index >= 15 is 0 Å². The highest BCUT2D eigenvalue weighted by Crippen LogP contribution is 2.31. The van der Waals surface area contributed by atoms with Gasteiger partial charge in [-0.25, -0.2) is 22.6 Å². The number of halogens is 2. The first-order chi connectivity index (χ1) is 14.7. The van der Waals surface area contributed by atoms with E-state index in [1.54, 1.807) is 12.1 Å². The van der Waals surface area contributed by atoms with Crippen LogP contribution in [0.1, 0.15) is 18.9 Å². The summed E-state index contributed by atoms with van der Waals surface area (Å²) in [6.07, 6.45) is 2.46. The molecule has 12 heteroatoms. The van der Waals surface area contributed by atoms with Crippen molar-refractivity contribution in [3.63, 3.8) is 0 Å². The predicted molar refractivity (Wildman–Crippen MR) is 110 cm³/mol. The van der Waals surface area contributed by atoms with Crippen LogP contribution in [0.2, 0.25) is 5.02 Å². The van der Waals surface area contributed by atoms with Crippen LogP contribution in [0.4, 0.5) is 4.39 Å². The van der Waals surface area contributed by atoms with E-state index < -0.39 is 40.1 Å². The number of aliphatic carboxylic acids is 1. The maximum Gasteiger partial charge on any atom is 0.331 e. The molecule has 1 aliphatic rings. The number of nitrogens with zero attached hydrogens (tertiary/aromatic N) is 4. The summed E-state index contributed by atoms with van der Waals surface area (Å²) in [5, 5.41) is 8.95. The summed E-state index contributed by atoms with van der Waals surface area (Å²) in [6.45, 7) is -0.352. The molecule has 1 saturated heterocycles. The van der Waals surface area contributed by atoms with Gasteiger partial charge in [-0.2, -0.15) is 4.31 Å². The SMILES string of the molecule is O=C(O)Cn1c(=O)n([C@@H]2CCCN(S(=O)(=O)c3ccc(F)cc3Cl)C2)c2ncccc21. The van der Waals surface area contributed by atoms with Crippen molar-refractivity contribution >= 4 is 38.8 Å². The van der Waals surface area contributed by atoms with Gasteiger partial charge in [-0.05, 0) is 43.2 Å². The van der Waals surface area contributed by atoms with Crippen LogP contribution < -0.4 is 5.69 Å². The number of imidazole rings is 1. The number of aromatic nitrogens is 3. The molecule has 1 aliphatic heterocycles. The molecule has 9 nitrogen and oxygen atoms in total. The van der Waals surface area contributed by atoms with Crippen molar-refractivity contribution in [3.8, 4) is 0 Å². The number of piperidine rings is 1. The Morgan fingerprint density at radius 1 is 1.32 bits per heavy atom. The van der Waals surface area contributed by atoms with E-state index in [1.165, 1.54) is 15.1 Å². The molecule has 3 heterocycles. The van der Waals surface area contributed by atoms with Gasteiger partial charge in [0.15, 0.2) is 5.65 Å². The summed E-state index contributed by atoms with van der Waals surface area (Å²) in [5.74, 6) is -1.83. The fraction of sp³-hybridized carbons (Fsp3) is 0.316. The molecule has 0 radical (unpaired) electrons. The molecule has 164 valence electrons. The van der Waals surface area contributed by atoms with Crippen molar-refractivity contribution in [1.29, 1.82) is 0 Å². The number of sulfonamides is 1. The Morgan fingerprint density at radius 2 is 2.10 bits per heavy atom. The highest BCUT2D eigenvalue weighted by Gasteiger charge is 2.34. The molecule has 0 spiro atoms. The van der Waals surface area contributed by atoms with Crippen LogP contribution in [0.5, 0.6) is 0 Å². The van der Waals surface area contributed by atoms with Crippen LogP contribution >= 0.6 is 11.6 Å². The third-order valence-electron chi connectivity index (χ3n) is 5.25. The van der Waals surface area contributed by atoms with Crippen LogP contribution in [0, 0.1) is 5.82 Å². The molecule has 0 amide bonds. The van der Waals surface area contributed by atoms with Crippen molar-refractivity contribution in [1.82, 2.24) is 18.4 Å². The van der Waals surface area contributed by atoms with Crippen molar-refractivity contribution in [3.05, 3.63) is 57.9 Å². The first-order valence-electron chi connectivity index (χ1n) is 9.43. The van der Waals surface area contributed by atoms with Crippen LogP contribution in [0.3, 0.4) is 0 Å². The van der Waals surface area contributed by atoms with Gasteiger partial charge in [0.25, 0.3) is 0 Å². The number of carboxylic acids is 1. The zero-order valence-electron chi connectivity index (χ0n) is 16.1. The number of hydrogen-bond donors (Lipinski definition) is 1. The zero-order chi connectivity index (χ0) is 22.3. The molecule has 0 aliphatic carbocycles. The van der Waals surface area contributed by atoms with Crippen LogP contribution in [-0.4, -0.2) is 51.0 Å². The van der Waals surface area contributed by atoms with Gasteiger partial charge in [-0.15, -0.1) is 0 Å². The Bertz CT molecular complexity index is 1340. The molecule has 3 aromatic rings. The minimum atomic E-state index is -4.03. The average Bonchev–Trinajstić information content (AvgIpc) is 2.99. The molecule has 0 bridgehead atoms. The molecule has 1 atom stereocenters. The van der Waals surface area contributed by atoms with Crippen LogP contribution in [0.15, 0.2) is 46.2 Å². The van der Waals surface area contributed by atoms with Gasteiger partial charge in [0, 0.05) is 19.3 Å². The van der Waals surface area contributed by atoms with Gasteiger partial charge in [0.2, 0.25) is 10.0 Å². The van der Waals surface area contributed by atoms with Crippen molar-refractivity contribution < 1.29 is 22.7 Å². The Balaban J connectivity index is 1.74. The maximum absolute atomic E-state index is 13.4. The maximum atomic E-state index is 13.4. The number of hydrogen-bond acceptors (Lipinski definition) is 5.